The van der Waals surface area contributed by atoms with Crippen LogP contribution in [-0.4, -0.2) is 80.8 Å². The number of aryl methyl sites for hydroxylation is 1. The second kappa shape index (κ2) is 13.8. The van der Waals surface area contributed by atoms with Gasteiger partial charge in [-0.05, 0) is 37.5 Å². The molecule has 1 saturated heterocycles. The molecule has 1 saturated carbocycles. The minimum absolute atomic E-state index is 0.178. The summed E-state index contributed by atoms with van der Waals surface area (Å²) in [6.07, 6.45) is -3.88. The van der Waals surface area contributed by atoms with Crippen LogP contribution in [0.2, 0.25) is 0 Å². The van der Waals surface area contributed by atoms with E-state index in [4.69, 9.17) is 29.3 Å². The maximum absolute atomic E-state index is 10.6. The zero-order valence-electron chi connectivity index (χ0n) is 19.9. The van der Waals surface area contributed by atoms with Gasteiger partial charge in [-0.2, -0.15) is 26.3 Å². The van der Waals surface area contributed by atoms with Crippen LogP contribution in [0, 0.1) is 6.92 Å². The average molecular weight is 574 g/mol. The normalized spacial score (nSPS) is 21.4. The lowest BCUT2D eigenvalue weighted by Crippen LogP contribution is -2.51. The van der Waals surface area contributed by atoms with E-state index in [1.165, 1.54) is 5.56 Å². The van der Waals surface area contributed by atoms with Crippen molar-refractivity contribution in [3.63, 3.8) is 0 Å². The molecule has 9 nitrogen and oxygen atoms in total. The number of nitrogens with zero attached hydrogens (tertiary/aromatic N) is 3. The molecule has 2 N–H and O–H groups in total. The number of aliphatic carboxylic acids is 2. The molecule has 3 heterocycles. The van der Waals surface area contributed by atoms with Gasteiger partial charge in [-0.15, -0.1) is 11.3 Å². The van der Waals surface area contributed by atoms with Crippen molar-refractivity contribution >= 4 is 23.3 Å². The van der Waals surface area contributed by atoms with Gasteiger partial charge in [0.2, 0.25) is 0 Å². The first-order valence-electron chi connectivity index (χ1n) is 11.1. The minimum atomic E-state index is -5.08. The number of fused-ring (bicyclic) bond motifs is 1. The van der Waals surface area contributed by atoms with Gasteiger partial charge in [-0.25, -0.2) is 14.6 Å². The topological polar surface area (TPSA) is 122 Å². The van der Waals surface area contributed by atoms with Gasteiger partial charge >= 0.3 is 24.3 Å². The van der Waals surface area contributed by atoms with Crippen molar-refractivity contribution in [3.05, 3.63) is 46.2 Å². The van der Waals surface area contributed by atoms with Crippen molar-refractivity contribution in [1.29, 1.82) is 0 Å². The number of carboxylic acid groups (broad SMARTS) is 2. The Balaban J connectivity index is 0.000000301. The van der Waals surface area contributed by atoms with Crippen LogP contribution in [0.3, 0.4) is 0 Å². The van der Waals surface area contributed by atoms with Crippen LogP contribution in [0.25, 0.3) is 0 Å². The lowest BCUT2D eigenvalue weighted by atomic mass is 10.1. The Labute approximate surface area is 217 Å². The largest absolute Gasteiger partial charge is 0.490 e. The average Bonchev–Trinajstić information content (AvgIpc) is 3.44. The van der Waals surface area contributed by atoms with Crippen LogP contribution in [0.4, 0.5) is 26.3 Å². The Kier molecular flexibility index (Phi) is 11.4. The number of aromatic nitrogens is 2. The molecule has 0 unspecified atom stereocenters. The van der Waals surface area contributed by atoms with Gasteiger partial charge < -0.3 is 19.7 Å². The highest BCUT2D eigenvalue weighted by atomic mass is 32.1. The number of carbonyl (C=O) groups is 2. The van der Waals surface area contributed by atoms with Gasteiger partial charge in [0.25, 0.3) is 0 Å². The molecule has 16 heteroatoms. The fourth-order valence-electron chi connectivity index (χ4n) is 3.76. The van der Waals surface area contributed by atoms with Crippen molar-refractivity contribution in [3.8, 4) is 0 Å². The Bertz CT molecular complexity index is 1010. The molecule has 2 aliphatic rings. The second-order valence-corrected chi connectivity index (χ2v) is 9.18. The van der Waals surface area contributed by atoms with Crippen molar-refractivity contribution < 1.29 is 55.6 Å². The van der Waals surface area contributed by atoms with E-state index in [1.54, 1.807) is 11.3 Å². The zero-order valence-corrected chi connectivity index (χ0v) is 20.7. The summed E-state index contributed by atoms with van der Waals surface area (Å²) in [4.78, 5) is 28.9. The first kappa shape index (κ1) is 31.4. The molecular formula is C22H25F6N3O6S. The highest BCUT2D eigenvalue weighted by Crippen LogP contribution is 2.33. The van der Waals surface area contributed by atoms with Gasteiger partial charge in [0, 0.05) is 36.9 Å². The smallest absolute Gasteiger partial charge is 0.475 e. The predicted octanol–water partition coefficient (Wildman–Crippen LogP) is 4.06. The number of thiazole rings is 1. The Morgan fingerprint density at radius 2 is 1.68 bits per heavy atom. The lowest BCUT2D eigenvalue weighted by Gasteiger charge is -2.39. The van der Waals surface area contributed by atoms with Crippen molar-refractivity contribution in [1.82, 2.24) is 14.9 Å². The third kappa shape index (κ3) is 10.2. The van der Waals surface area contributed by atoms with Crippen LogP contribution in [0.15, 0.2) is 29.9 Å². The summed E-state index contributed by atoms with van der Waals surface area (Å²) in [5.41, 5.74) is 2.35. The van der Waals surface area contributed by atoms with Crippen LogP contribution >= 0.6 is 11.3 Å². The van der Waals surface area contributed by atoms with E-state index in [1.807, 2.05) is 19.3 Å². The summed E-state index contributed by atoms with van der Waals surface area (Å²) in [6.45, 7) is 5.35. The summed E-state index contributed by atoms with van der Waals surface area (Å²) in [7, 11) is 0. The standard InChI is InChI=1S/C18H23N3O2S.2C2HF3O2/c1-13-20-15(12-24-13)11-23-17-3-2-16-18(17)22-9-8-21(16)10-14-4-6-19-7-5-14;2*3-2(4,5)1(6)7/h4-7,12,16-18H,2-3,8-11H2,1H3;2*(H,6,7)/t16-,17+,18+;;/m0../s1. The molecule has 2 aromatic rings. The zero-order chi connectivity index (χ0) is 28.5. The monoisotopic (exact) mass is 573 g/mol. The van der Waals surface area contributed by atoms with Crippen LogP contribution in [-0.2, 0) is 32.2 Å². The van der Waals surface area contributed by atoms with Crippen molar-refractivity contribution in [2.75, 3.05) is 13.2 Å². The maximum Gasteiger partial charge on any atom is 0.490 e. The number of hydrogen-bond acceptors (Lipinski definition) is 8. The summed E-state index contributed by atoms with van der Waals surface area (Å²) in [5.74, 6) is -5.51. The molecule has 0 aromatic carbocycles. The molecule has 0 bridgehead atoms. The van der Waals surface area contributed by atoms with E-state index in [2.05, 4.69) is 32.4 Å². The number of pyridine rings is 1. The van der Waals surface area contributed by atoms with Crippen LogP contribution in [0.5, 0.6) is 0 Å². The predicted molar refractivity (Wildman–Crippen MR) is 120 cm³/mol. The van der Waals surface area contributed by atoms with Gasteiger partial charge in [0.05, 0.1) is 36.1 Å². The van der Waals surface area contributed by atoms with E-state index in [-0.39, 0.29) is 12.2 Å². The Hall–Kier alpha value is -2.82. The molecule has 1 aliphatic carbocycles. The maximum atomic E-state index is 10.6. The summed E-state index contributed by atoms with van der Waals surface area (Å²) < 4.78 is 75.7. The molecule has 4 rings (SSSR count). The number of alkyl halides is 6. The molecule has 0 amide bonds. The number of rotatable bonds is 5. The fourth-order valence-corrected chi connectivity index (χ4v) is 4.35. The summed E-state index contributed by atoms with van der Waals surface area (Å²) in [5, 5.41) is 17.4. The highest BCUT2D eigenvalue weighted by molar-refractivity contribution is 7.09. The van der Waals surface area contributed by atoms with Gasteiger partial charge in [0.1, 0.15) is 0 Å². The van der Waals surface area contributed by atoms with Crippen LogP contribution < -0.4 is 0 Å². The number of halogens is 6. The third-order valence-electron chi connectivity index (χ3n) is 5.38. The van der Waals surface area contributed by atoms with Gasteiger partial charge in [0.15, 0.2) is 0 Å². The minimum Gasteiger partial charge on any atom is -0.475 e. The second-order valence-electron chi connectivity index (χ2n) is 8.12. The molecule has 2 fully saturated rings. The lowest BCUT2D eigenvalue weighted by molar-refractivity contribution is -0.193. The van der Waals surface area contributed by atoms with E-state index < -0.39 is 24.3 Å². The highest BCUT2D eigenvalue weighted by Gasteiger charge is 2.43. The summed E-state index contributed by atoms with van der Waals surface area (Å²) >= 11 is 1.68. The first-order chi connectivity index (χ1) is 17.7. The van der Waals surface area contributed by atoms with Crippen LogP contribution in [0.1, 0.15) is 29.1 Å². The number of morpholine rings is 1. The van der Waals surface area contributed by atoms with E-state index in [0.29, 0.717) is 12.6 Å². The number of ether oxygens (including phenoxy) is 2. The van der Waals surface area contributed by atoms with Crippen molar-refractivity contribution in [2.24, 2.45) is 0 Å². The first-order valence-corrected chi connectivity index (χ1v) is 11.9. The molecule has 212 valence electrons. The molecule has 0 radical (unpaired) electrons. The summed E-state index contributed by atoms with van der Waals surface area (Å²) in [6, 6.07) is 4.64. The molecule has 38 heavy (non-hydrogen) atoms. The Morgan fingerprint density at radius 1 is 1.11 bits per heavy atom. The molecule has 1 aliphatic heterocycles. The number of hydrogen-bond donors (Lipinski definition) is 2. The van der Waals surface area contributed by atoms with E-state index >= 15 is 0 Å². The molecule has 3 atom stereocenters. The Morgan fingerprint density at radius 3 is 2.18 bits per heavy atom. The van der Waals surface area contributed by atoms with E-state index in [9.17, 15) is 26.3 Å². The van der Waals surface area contributed by atoms with Crippen molar-refractivity contribution in [2.45, 2.75) is 63.5 Å². The fraction of sp³-hybridized carbons (Fsp3) is 0.545. The third-order valence-corrected chi connectivity index (χ3v) is 6.20. The quantitative estimate of drug-likeness (QED) is 0.510. The molecule has 0 spiro atoms. The van der Waals surface area contributed by atoms with E-state index in [0.717, 1.165) is 43.2 Å². The van der Waals surface area contributed by atoms with Gasteiger partial charge in [-0.3, -0.25) is 9.88 Å². The molecular weight excluding hydrogens is 548 g/mol. The van der Waals surface area contributed by atoms with Gasteiger partial charge in [-0.1, -0.05) is 0 Å². The molecule has 2 aromatic heterocycles. The SMILES string of the molecule is Cc1nc(CO[C@@H]2CC[C@H]3[C@H]2OCCN3Cc2ccncc2)cs1.O=C(O)C(F)(F)F.O=C(O)C(F)(F)F. The number of carboxylic acids is 2.